The van der Waals surface area contributed by atoms with Crippen LogP contribution in [0.3, 0.4) is 0 Å². The van der Waals surface area contributed by atoms with Crippen LogP contribution in [0.25, 0.3) is 21.9 Å². The Morgan fingerprint density at radius 1 is 1.00 bits per heavy atom. The van der Waals surface area contributed by atoms with Crippen LogP contribution in [0, 0.1) is 0 Å². The van der Waals surface area contributed by atoms with Gasteiger partial charge in [0, 0.05) is 6.07 Å². The van der Waals surface area contributed by atoms with Gasteiger partial charge in [-0.2, -0.15) is 0 Å². The van der Waals surface area contributed by atoms with Gasteiger partial charge in [-0.05, 0) is 49.1 Å². The number of fused-ring (bicyclic) bond motifs is 2. The number of ether oxygens (including phenoxy) is 1. The largest absolute Gasteiger partial charge is 0.493 e. The molecule has 0 unspecified atom stereocenters. The molecule has 0 aliphatic carbocycles. The lowest BCUT2D eigenvalue weighted by Crippen LogP contribution is -2.47. The van der Waals surface area contributed by atoms with Gasteiger partial charge in [0.05, 0.1) is 36.1 Å². The van der Waals surface area contributed by atoms with Crippen molar-refractivity contribution in [3.8, 4) is 5.75 Å². The summed E-state index contributed by atoms with van der Waals surface area (Å²) >= 11 is 0. The average molecular weight is 414 g/mol. The molecule has 1 heterocycles. The topological polar surface area (TPSA) is 106 Å². The van der Waals surface area contributed by atoms with Gasteiger partial charge in [-0.1, -0.05) is 32.3 Å². The van der Waals surface area contributed by atoms with Gasteiger partial charge in [0.2, 0.25) is 5.43 Å². The maximum atomic E-state index is 12.9. The van der Waals surface area contributed by atoms with E-state index in [9.17, 15) is 15.0 Å². The molecule has 6 heteroatoms. The van der Waals surface area contributed by atoms with Crippen LogP contribution in [-0.2, 0) is 6.42 Å². The quantitative estimate of drug-likeness (QED) is 0.328. The highest BCUT2D eigenvalue weighted by Crippen LogP contribution is 2.24. The fourth-order valence-corrected chi connectivity index (χ4v) is 3.44. The van der Waals surface area contributed by atoms with Crippen molar-refractivity contribution < 1.29 is 19.4 Å². The van der Waals surface area contributed by atoms with E-state index in [2.05, 4.69) is 6.92 Å². The Bertz CT molecular complexity index is 1040. The molecule has 2 aromatic carbocycles. The Balaban J connectivity index is 1.83. The average Bonchev–Trinajstić information content (AvgIpc) is 2.77. The normalized spacial score (nSPS) is 12.0. The number of unbranched alkanes of at least 4 members (excludes halogenated alkanes) is 3. The molecule has 0 bridgehead atoms. The smallest absolute Gasteiger partial charge is 0.200 e. The molecular weight excluding hydrogens is 382 g/mol. The number of benzene rings is 2. The molecule has 0 atom stereocenters. The van der Waals surface area contributed by atoms with Crippen LogP contribution in [0.2, 0.25) is 0 Å². The molecule has 3 aromatic rings. The van der Waals surface area contributed by atoms with Gasteiger partial charge in [0.1, 0.15) is 16.9 Å². The summed E-state index contributed by atoms with van der Waals surface area (Å²) in [5.41, 5.74) is 6.77. The molecule has 0 saturated heterocycles. The fraction of sp³-hybridized carbons (Fsp3) is 0.458. The zero-order valence-corrected chi connectivity index (χ0v) is 17.5. The number of rotatable bonds is 11. The third kappa shape index (κ3) is 5.19. The Morgan fingerprint density at radius 3 is 2.40 bits per heavy atom. The monoisotopic (exact) mass is 413 g/mol. The highest BCUT2D eigenvalue weighted by Gasteiger charge is 2.22. The predicted octanol–water partition coefficient (Wildman–Crippen LogP) is 3.52. The minimum Gasteiger partial charge on any atom is -0.493 e. The van der Waals surface area contributed by atoms with Crippen molar-refractivity contribution in [2.75, 3.05) is 19.8 Å². The molecule has 162 valence electrons. The van der Waals surface area contributed by atoms with Crippen molar-refractivity contribution in [1.29, 1.82) is 0 Å². The lowest BCUT2D eigenvalue weighted by Gasteiger charge is -2.24. The van der Waals surface area contributed by atoms with Gasteiger partial charge in [0.25, 0.3) is 0 Å². The maximum Gasteiger partial charge on any atom is 0.200 e. The molecule has 0 aliphatic rings. The minimum absolute atomic E-state index is 0.0776. The van der Waals surface area contributed by atoms with Crippen LogP contribution < -0.4 is 15.9 Å². The summed E-state index contributed by atoms with van der Waals surface area (Å²) in [5, 5.41) is 19.8. The summed E-state index contributed by atoms with van der Waals surface area (Å²) in [4.78, 5) is 12.9. The van der Waals surface area contributed by atoms with Crippen LogP contribution in [-0.4, -0.2) is 35.6 Å². The molecule has 6 nitrogen and oxygen atoms in total. The summed E-state index contributed by atoms with van der Waals surface area (Å²) in [5.74, 6) is 0.691. The van der Waals surface area contributed by atoms with E-state index in [0.29, 0.717) is 47.1 Å². The molecule has 3 rings (SSSR count). The van der Waals surface area contributed by atoms with Crippen molar-refractivity contribution >= 4 is 21.9 Å². The molecule has 4 N–H and O–H groups in total. The van der Waals surface area contributed by atoms with E-state index in [4.69, 9.17) is 14.9 Å². The number of nitrogens with two attached hydrogens (primary N) is 1. The number of aliphatic hydroxyl groups excluding tert-OH is 2. The lowest BCUT2D eigenvalue weighted by atomic mass is 9.93. The second kappa shape index (κ2) is 10.1. The van der Waals surface area contributed by atoms with E-state index in [1.807, 2.05) is 18.2 Å². The van der Waals surface area contributed by atoms with Gasteiger partial charge in [-0.3, -0.25) is 4.79 Å². The van der Waals surface area contributed by atoms with E-state index in [1.54, 1.807) is 18.2 Å². The van der Waals surface area contributed by atoms with Crippen molar-refractivity contribution in [3.63, 3.8) is 0 Å². The van der Waals surface area contributed by atoms with Crippen molar-refractivity contribution in [3.05, 3.63) is 52.2 Å². The first-order chi connectivity index (χ1) is 14.5. The molecule has 0 spiro atoms. The van der Waals surface area contributed by atoms with Crippen molar-refractivity contribution in [1.82, 2.24) is 0 Å². The first-order valence-corrected chi connectivity index (χ1v) is 10.6. The first kappa shape index (κ1) is 22.3. The predicted molar refractivity (Wildman–Crippen MR) is 119 cm³/mol. The standard InChI is InChI=1S/C24H31NO5/c1-2-3-4-5-12-29-18-7-9-20-22(14-18)30-21-13-17(6-8-19(21)23(20)28)10-11-24(25,15-26)16-27/h6-9,13-14,26-27H,2-5,10-12,15-16,25H2,1H3. The maximum absolute atomic E-state index is 12.9. The van der Waals surface area contributed by atoms with Gasteiger partial charge < -0.3 is 25.1 Å². The molecular formula is C24H31NO5. The zero-order valence-electron chi connectivity index (χ0n) is 17.5. The summed E-state index contributed by atoms with van der Waals surface area (Å²) in [6.07, 6.45) is 5.49. The molecule has 30 heavy (non-hydrogen) atoms. The van der Waals surface area contributed by atoms with Gasteiger partial charge in [0.15, 0.2) is 0 Å². The minimum atomic E-state index is -1.03. The van der Waals surface area contributed by atoms with Gasteiger partial charge in [-0.15, -0.1) is 0 Å². The summed E-state index contributed by atoms with van der Waals surface area (Å²) in [7, 11) is 0. The first-order valence-electron chi connectivity index (χ1n) is 10.6. The van der Waals surface area contributed by atoms with E-state index in [-0.39, 0.29) is 18.6 Å². The SMILES string of the molecule is CCCCCCOc1ccc2c(=O)c3ccc(CCC(N)(CO)CO)cc3oc2c1. The highest BCUT2D eigenvalue weighted by atomic mass is 16.5. The van der Waals surface area contributed by atoms with Crippen LogP contribution in [0.4, 0.5) is 0 Å². The third-order valence-corrected chi connectivity index (χ3v) is 5.52. The Morgan fingerprint density at radius 2 is 1.70 bits per heavy atom. The lowest BCUT2D eigenvalue weighted by molar-refractivity contribution is 0.115. The third-order valence-electron chi connectivity index (χ3n) is 5.52. The number of aliphatic hydroxyl groups is 2. The highest BCUT2D eigenvalue weighted by molar-refractivity contribution is 5.90. The van der Waals surface area contributed by atoms with Crippen LogP contribution in [0.15, 0.2) is 45.6 Å². The van der Waals surface area contributed by atoms with E-state index >= 15 is 0 Å². The van der Waals surface area contributed by atoms with Crippen LogP contribution in [0.1, 0.15) is 44.6 Å². The van der Waals surface area contributed by atoms with Gasteiger partial charge in [-0.25, -0.2) is 0 Å². The summed E-state index contributed by atoms with van der Waals surface area (Å²) in [6.45, 7) is 2.23. The van der Waals surface area contributed by atoms with Crippen LogP contribution >= 0.6 is 0 Å². The van der Waals surface area contributed by atoms with E-state index in [1.165, 1.54) is 12.8 Å². The van der Waals surface area contributed by atoms with E-state index in [0.717, 1.165) is 18.4 Å². The fourth-order valence-electron chi connectivity index (χ4n) is 3.44. The zero-order chi connectivity index (χ0) is 21.6. The second-order valence-corrected chi connectivity index (χ2v) is 8.01. The van der Waals surface area contributed by atoms with E-state index < -0.39 is 5.54 Å². The summed E-state index contributed by atoms with van der Waals surface area (Å²) < 4.78 is 11.8. The number of aryl methyl sites for hydroxylation is 1. The molecule has 0 fully saturated rings. The second-order valence-electron chi connectivity index (χ2n) is 8.01. The summed E-state index contributed by atoms with van der Waals surface area (Å²) in [6, 6.07) is 10.8. The molecule has 1 aromatic heterocycles. The molecule has 0 saturated carbocycles. The Kier molecular flexibility index (Phi) is 7.48. The Hall–Kier alpha value is -2.41. The van der Waals surface area contributed by atoms with Crippen molar-refractivity contribution in [2.45, 2.75) is 51.0 Å². The molecule has 0 radical (unpaired) electrons. The number of hydrogen-bond acceptors (Lipinski definition) is 6. The molecule has 0 aliphatic heterocycles. The van der Waals surface area contributed by atoms with Crippen LogP contribution in [0.5, 0.6) is 5.75 Å². The molecule has 0 amide bonds. The Labute approximate surface area is 176 Å². The van der Waals surface area contributed by atoms with Gasteiger partial charge >= 0.3 is 0 Å². The number of hydrogen-bond donors (Lipinski definition) is 3. The van der Waals surface area contributed by atoms with Crippen molar-refractivity contribution in [2.24, 2.45) is 5.73 Å².